The minimum absolute atomic E-state index is 0. The number of fused-ring (bicyclic) bond motifs is 1. The Morgan fingerprint density at radius 3 is 2.68 bits per heavy atom. The van der Waals surface area contributed by atoms with E-state index in [4.69, 9.17) is 23.2 Å². The molecule has 0 spiro atoms. The first-order valence-corrected chi connectivity index (χ1v) is 12.0. The molecule has 1 aliphatic rings. The van der Waals surface area contributed by atoms with Crippen LogP contribution in [-0.4, -0.2) is 45.8 Å². The van der Waals surface area contributed by atoms with Crippen LogP contribution in [0.2, 0.25) is 10.0 Å². The van der Waals surface area contributed by atoms with Crippen molar-refractivity contribution in [3.8, 4) is 28.1 Å². The van der Waals surface area contributed by atoms with Gasteiger partial charge in [-0.25, -0.2) is 9.78 Å². The summed E-state index contributed by atoms with van der Waals surface area (Å²) in [7, 11) is 0. The molecule has 0 saturated heterocycles. The summed E-state index contributed by atoms with van der Waals surface area (Å²) in [6, 6.07) is 13.4. The van der Waals surface area contributed by atoms with E-state index in [0.717, 1.165) is 11.3 Å². The third-order valence-corrected chi connectivity index (χ3v) is 6.98. The van der Waals surface area contributed by atoms with Crippen molar-refractivity contribution in [2.75, 3.05) is 0 Å². The van der Waals surface area contributed by atoms with E-state index in [1.165, 1.54) is 23.1 Å². The summed E-state index contributed by atoms with van der Waals surface area (Å²) in [6.45, 7) is 0. The number of tetrazole rings is 1. The van der Waals surface area contributed by atoms with E-state index in [1.54, 1.807) is 41.1 Å². The zero-order valence-electron chi connectivity index (χ0n) is 19.4. The van der Waals surface area contributed by atoms with Crippen molar-refractivity contribution in [3.05, 3.63) is 98.5 Å². The monoisotopic (exact) mass is 569 g/mol. The van der Waals surface area contributed by atoms with E-state index < -0.39 is 5.97 Å². The number of pyridine rings is 1. The molecule has 2 N–H and O–H groups in total. The smallest absolute Gasteiger partial charge is 0.337 e. The molecule has 0 fully saturated rings. The van der Waals surface area contributed by atoms with Gasteiger partial charge in [0.25, 0.3) is 5.56 Å². The molecule has 10 nitrogen and oxygen atoms in total. The Labute approximate surface area is 231 Å². The molecule has 38 heavy (non-hydrogen) atoms. The number of nitrogens with zero attached hydrogens (tertiary/aromatic N) is 6. The molecule has 0 aliphatic carbocycles. The van der Waals surface area contributed by atoms with E-state index in [-0.39, 0.29) is 34.6 Å². The normalized spacial score (nSPS) is 14.2. The van der Waals surface area contributed by atoms with E-state index in [1.807, 2.05) is 6.07 Å². The van der Waals surface area contributed by atoms with Crippen molar-refractivity contribution in [1.82, 2.24) is 34.7 Å². The van der Waals surface area contributed by atoms with Crippen LogP contribution in [0.1, 0.15) is 34.3 Å². The lowest BCUT2D eigenvalue weighted by Crippen LogP contribution is -2.23. The number of carboxylic acids is 1. The number of nitrogens with one attached hydrogen (secondary N) is 1. The lowest BCUT2D eigenvalue weighted by atomic mass is 10.0. The van der Waals surface area contributed by atoms with Gasteiger partial charge in [-0.2, -0.15) is 4.68 Å². The largest absolute Gasteiger partial charge is 0.478 e. The standard InChI is InChI=1S/C25H17Cl2N7O3.ClH/c26-15-2-5-21(33-12-29-31-32-33)17(10-15)14-7-16-3-6-22(34(16)23(35)9-14)24-28-11-20(30-24)13-1-4-19(27)18(8-13)25(36)37;/h1-2,4-5,7-12,22H,3,6H2,(H,28,30)(H,36,37);1H/t22-;/m0./s1. The SMILES string of the molecule is Cl.O=C(O)c1cc(-c2cnc([C@@H]3CCc4cc(-c5cc(Cl)ccc5-n5cnnn5)cc(=O)n43)[nH]2)ccc1Cl. The van der Waals surface area contributed by atoms with Crippen molar-refractivity contribution >= 4 is 41.6 Å². The van der Waals surface area contributed by atoms with E-state index in [0.29, 0.717) is 46.2 Å². The number of hydrogen-bond acceptors (Lipinski definition) is 6. The maximum absolute atomic E-state index is 13.4. The highest BCUT2D eigenvalue weighted by molar-refractivity contribution is 6.33. The first-order valence-electron chi connectivity index (χ1n) is 11.3. The molecule has 5 aromatic rings. The fourth-order valence-electron chi connectivity index (χ4n) is 4.73. The lowest BCUT2D eigenvalue weighted by Gasteiger charge is -2.15. The van der Waals surface area contributed by atoms with Crippen molar-refractivity contribution in [2.24, 2.45) is 0 Å². The van der Waals surface area contributed by atoms with Crippen LogP contribution in [0.5, 0.6) is 0 Å². The van der Waals surface area contributed by atoms with Crippen molar-refractivity contribution in [2.45, 2.75) is 18.9 Å². The molecule has 6 rings (SSSR count). The molecular formula is C25H18Cl3N7O3. The molecular weight excluding hydrogens is 553 g/mol. The number of H-pyrrole nitrogens is 1. The maximum atomic E-state index is 13.4. The molecule has 1 aliphatic heterocycles. The summed E-state index contributed by atoms with van der Waals surface area (Å²) in [4.78, 5) is 32.6. The minimum Gasteiger partial charge on any atom is -0.478 e. The van der Waals surface area contributed by atoms with Gasteiger partial charge in [-0.3, -0.25) is 4.79 Å². The van der Waals surface area contributed by atoms with Crippen LogP contribution in [0.15, 0.2) is 65.8 Å². The summed E-state index contributed by atoms with van der Waals surface area (Å²) in [5.41, 5.74) is 4.13. The highest BCUT2D eigenvalue weighted by atomic mass is 35.5. The van der Waals surface area contributed by atoms with Crippen molar-refractivity contribution < 1.29 is 9.90 Å². The Hall–Kier alpha value is -3.99. The van der Waals surface area contributed by atoms with Crippen LogP contribution in [0.4, 0.5) is 0 Å². The number of hydrogen-bond donors (Lipinski definition) is 2. The zero-order valence-corrected chi connectivity index (χ0v) is 21.7. The number of halogens is 3. The predicted molar refractivity (Wildman–Crippen MR) is 144 cm³/mol. The van der Waals surface area contributed by atoms with Gasteiger partial charge >= 0.3 is 5.97 Å². The van der Waals surface area contributed by atoms with Gasteiger partial charge in [0.1, 0.15) is 12.2 Å². The van der Waals surface area contributed by atoms with Gasteiger partial charge in [0.15, 0.2) is 0 Å². The average Bonchev–Trinajstić information content (AvgIpc) is 3.64. The van der Waals surface area contributed by atoms with Gasteiger partial charge in [0.05, 0.1) is 34.2 Å². The number of aryl methyl sites for hydroxylation is 1. The second kappa shape index (κ2) is 10.1. The minimum atomic E-state index is -1.11. The third kappa shape index (κ3) is 4.47. The average molecular weight is 571 g/mol. The van der Waals surface area contributed by atoms with Crippen LogP contribution in [0, 0.1) is 0 Å². The number of carbonyl (C=O) groups is 1. The predicted octanol–water partition coefficient (Wildman–Crippen LogP) is 4.84. The Bertz CT molecular complexity index is 1730. The van der Waals surface area contributed by atoms with E-state index in [9.17, 15) is 14.7 Å². The van der Waals surface area contributed by atoms with Gasteiger partial charge in [-0.05, 0) is 65.2 Å². The molecule has 4 heterocycles. The Morgan fingerprint density at radius 2 is 1.92 bits per heavy atom. The summed E-state index contributed by atoms with van der Waals surface area (Å²) in [6.07, 6.45) is 4.47. The molecule has 0 bridgehead atoms. The lowest BCUT2D eigenvalue weighted by molar-refractivity contribution is 0.0697. The Balaban J connectivity index is 0.00000294. The van der Waals surface area contributed by atoms with Gasteiger partial charge in [0, 0.05) is 27.9 Å². The number of benzene rings is 2. The molecule has 3 aromatic heterocycles. The number of aromatic amines is 1. The molecule has 0 saturated carbocycles. The number of carboxylic acid groups (broad SMARTS) is 1. The highest BCUT2D eigenvalue weighted by Gasteiger charge is 2.28. The molecule has 0 unspecified atom stereocenters. The van der Waals surface area contributed by atoms with Gasteiger partial charge in [-0.15, -0.1) is 17.5 Å². The zero-order chi connectivity index (χ0) is 25.7. The number of rotatable bonds is 5. The molecule has 0 radical (unpaired) electrons. The maximum Gasteiger partial charge on any atom is 0.337 e. The third-order valence-electron chi connectivity index (χ3n) is 6.42. The fourth-order valence-corrected chi connectivity index (χ4v) is 5.10. The molecule has 13 heteroatoms. The van der Waals surface area contributed by atoms with E-state index in [2.05, 4.69) is 25.5 Å². The molecule has 1 atom stereocenters. The van der Waals surface area contributed by atoms with Crippen molar-refractivity contribution in [3.63, 3.8) is 0 Å². The summed E-state index contributed by atoms with van der Waals surface area (Å²) in [5.74, 6) is -0.492. The Kier molecular flexibility index (Phi) is 6.78. The topological polar surface area (TPSA) is 132 Å². The second-order valence-electron chi connectivity index (χ2n) is 8.60. The van der Waals surface area contributed by atoms with Crippen LogP contribution >= 0.6 is 35.6 Å². The van der Waals surface area contributed by atoms with Crippen LogP contribution in [0.3, 0.4) is 0 Å². The number of aromatic carboxylic acids is 1. The van der Waals surface area contributed by atoms with Crippen LogP contribution in [0.25, 0.3) is 28.1 Å². The van der Waals surface area contributed by atoms with Gasteiger partial charge in [0.2, 0.25) is 0 Å². The summed E-state index contributed by atoms with van der Waals surface area (Å²) >= 11 is 12.3. The first kappa shape index (κ1) is 25.7. The molecule has 192 valence electrons. The fraction of sp³-hybridized carbons (Fsp3) is 0.120. The van der Waals surface area contributed by atoms with Crippen LogP contribution < -0.4 is 5.56 Å². The second-order valence-corrected chi connectivity index (χ2v) is 9.44. The quantitative estimate of drug-likeness (QED) is 0.309. The van der Waals surface area contributed by atoms with Gasteiger partial charge in [-0.1, -0.05) is 29.3 Å². The van der Waals surface area contributed by atoms with Crippen LogP contribution in [-0.2, 0) is 6.42 Å². The number of imidazole rings is 1. The Morgan fingerprint density at radius 1 is 1.08 bits per heavy atom. The molecule has 0 amide bonds. The van der Waals surface area contributed by atoms with Crippen molar-refractivity contribution in [1.29, 1.82) is 0 Å². The van der Waals surface area contributed by atoms with Gasteiger partial charge < -0.3 is 14.7 Å². The first-order chi connectivity index (χ1) is 17.9. The molecule has 2 aromatic carbocycles. The summed E-state index contributed by atoms with van der Waals surface area (Å²) in [5, 5.41) is 21.4. The highest BCUT2D eigenvalue weighted by Crippen LogP contribution is 2.34. The number of aromatic nitrogens is 7. The van der Waals surface area contributed by atoms with E-state index >= 15 is 0 Å². The summed E-state index contributed by atoms with van der Waals surface area (Å²) < 4.78 is 3.26.